The fourth-order valence-electron chi connectivity index (χ4n) is 4.00. The molecule has 0 unspecified atom stereocenters. The lowest BCUT2D eigenvalue weighted by Crippen LogP contribution is -2.37. The lowest BCUT2D eigenvalue weighted by atomic mass is 10.0. The van der Waals surface area contributed by atoms with Crippen LogP contribution in [0.2, 0.25) is 0 Å². The van der Waals surface area contributed by atoms with Crippen LogP contribution in [-0.4, -0.2) is 52.7 Å². The van der Waals surface area contributed by atoms with Crippen molar-refractivity contribution >= 4 is 29.8 Å². The number of aryl methyl sites for hydroxylation is 1. The molecule has 3 aromatic rings. The molecule has 7 nitrogen and oxygen atoms in total. The molecule has 0 saturated carbocycles. The zero-order valence-electron chi connectivity index (χ0n) is 21.2. The minimum absolute atomic E-state index is 0.250. The topological polar surface area (TPSA) is 97.3 Å². The summed E-state index contributed by atoms with van der Waals surface area (Å²) in [6.45, 7) is 8.74. The Balaban J connectivity index is 0.00000121. The van der Waals surface area contributed by atoms with Gasteiger partial charge < -0.3 is 10.6 Å². The molecule has 0 aromatic heterocycles. The number of oxime groups is 1. The Morgan fingerprint density at radius 1 is 1.00 bits per heavy atom. The highest BCUT2D eigenvalue weighted by molar-refractivity contribution is 7.85. The second-order valence-electron chi connectivity index (χ2n) is 8.75. The average molecular weight is 519 g/mol. The maximum atomic E-state index is 11.6. The molecular weight excluding hydrogens is 484 g/mol. The molecule has 1 saturated heterocycles. The molecule has 0 spiro atoms. The minimum atomic E-state index is -0.640. The van der Waals surface area contributed by atoms with Gasteiger partial charge in [0.1, 0.15) is 0 Å². The van der Waals surface area contributed by atoms with E-state index in [2.05, 4.69) is 107 Å². The molecule has 4 rings (SSSR count). The summed E-state index contributed by atoms with van der Waals surface area (Å²) in [5.74, 6) is 2.12. The summed E-state index contributed by atoms with van der Waals surface area (Å²) in [6.07, 6.45) is 0.830. The molecule has 0 atom stereocenters. The van der Waals surface area contributed by atoms with Crippen LogP contribution in [0.3, 0.4) is 0 Å². The summed E-state index contributed by atoms with van der Waals surface area (Å²) in [5.41, 5.74) is 11.3. The second-order valence-corrected chi connectivity index (χ2v) is 10.4. The molecule has 1 fully saturated rings. The van der Waals surface area contributed by atoms with E-state index in [1.807, 2.05) is 0 Å². The number of nitrogens with zero attached hydrogens (tertiary/aromatic N) is 3. The van der Waals surface area contributed by atoms with Crippen LogP contribution in [0.5, 0.6) is 0 Å². The molecule has 8 heteroatoms. The number of hydrogen-bond acceptors (Lipinski definition) is 6. The summed E-state index contributed by atoms with van der Waals surface area (Å²) in [6, 6.07) is 25.5. The molecule has 1 aliphatic heterocycles. The lowest BCUT2D eigenvalue weighted by Gasteiger charge is -2.26. The summed E-state index contributed by atoms with van der Waals surface area (Å²) >= 11 is 0. The first kappa shape index (κ1) is 28.0. The zero-order valence-corrected chi connectivity index (χ0v) is 22.0. The van der Waals surface area contributed by atoms with Gasteiger partial charge in [0.05, 0.1) is 13.0 Å². The molecule has 0 radical (unpaired) electrons. The summed E-state index contributed by atoms with van der Waals surface area (Å²) in [7, 11) is -0.640. The predicted molar refractivity (Wildman–Crippen MR) is 152 cm³/mol. The van der Waals surface area contributed by atoms with Crippen LogP contribution in [0.1, 0.15) is 22.3 Å². The van der Waals surface area contributed by atoms with Crippen LogP contribution < -0.4 is 5.73 Å². The van der Waals surface area contributed by atoms with Gasteiger partial charge in [0.25, 0.3) is 0 Å². The molecule has 1 amide bonds. The summed E-state index contributed by atoms with van der Waals surface area (Å²) < 4.78 is 11.6. The predicted octanol–water partition coefficient (Wildman–Crippen LogP) is 4.10. The number of hydrogen-bond donors (Lipinski definition) is 1. The molecule has 37 heavy (non-hydrogen) atoms. The van der Waals surface area contributed by atoms with Gasteiger partial charge in [-0.1, -0.05) is 77.4 Å². The van der Waals surface area contributed by atoms with Crippen molar-refractivity contribution in [2.75, 3.05) is 24.6 Å². The largest absolute Gasteiger partial charge is 0.372 e. The van der Waals surface area contributed by atoms with E-state index in [1.54, 1.807) is 0 Å². The van der Waals surface area contributed by atoms with Crippen molar-refractivity contribution in [1.82, 2.24) is 4.90 Å². The highest BCUT2D eigenvalue weighted by Gasteiger charge is 2.15. The van der Waals surface area contributed by atoms with Gasteiger partial charge in [0.15, 0.2) is 0 Å². The second kappa shape index (κ2) is 14.8. The van der Waals surface area contributed by atoms with E-state index in [-0.39, 0.29) is 6.41 Å². The van der Waals surface area contributed by atoms with Crippen molar-refractivity contribution in [1.29, 1.82) is 0 Å². The lowest BCUT2D eigenvalue weighted by molar-refractivity contribution is -0.106. The smallest absolute Gasteiger partial charge is 0.224 e. The number of amides is 1. The molecule has 0 aliphatic carbocycles. The van der Waals surface area contributed by atoms with Gasteiger partial charge in [-0.15, -0.1) is 0 Å². The number of carbonyl (C=O) groups is 1. The van der Waals surface area contributed by atoms with E-state index in [0.29, 0.717) is 18.9 Å². The van der Waals surface area contributed by atoms with E-state index in [1.165, 1.54) is 22.3 Å². The SMILES string of the molecule is C=NOC(Cc1ccc(C)cc1)=NCc1ccc(-c2cccc(CN3CCS(=O)CC3)c2)cc1.NC=O. The minimum Gasteiger partial charge on any atom is -0.372 e. The van der Waals surface area contributed by atoms with Crippen LogP contribution >= 0.6 is 0 Å². The van der Waals surface area contributed by atoms with Gasteiger partial charge in [-0.3, -0.25) is 13.9 Å². The molecule has 2 N–H and O–H groups in total. The average Bonchev–Trinajstić information content (AvgIpc) is 2.91. The molecule has 194 valence electrons. The van der Waals surface area contributed by atoms with E-state index in [0.717, 1.165) is 42.3 Å². The van der Waals surface area contributed by atoms with Gasteiger partial charge in [-0.05, 0) is 40.8 Å². The van der Waals surface area contributed by atoms with Crippen molar-refractivity contribution < 1.29 is 13.8 Å². The monoisotopic (exact) mass is 518 g/mol. The Hall–Kier alpha value is -3.62. The van der Waals surface area contributed by atoms with Gasteiger partial charge in [0, 0.05) is 48.7 Å². The highest BCUT2D eigenvalue weighted by Crippen LogP contribution is 2.22. The van der Waals surface area contributed by atoms with Crippen molar-refractivity contribution in [2.45, 2.75) is 26.4 Å². The van der Waals surface area contributed by atoms with Crippen molar-refractivity contribution in [3.05, 3.63) is 95.1 Å². The van der Waals surface area contributed by atoms with Crippen molar-refractivity contribution in [3.63, 3.8) is 0 Å². The fraction of sp³-hybridized carbons (Fsp3) is 0.276. The third kappa shape index (κ3) is 9.40. The Bertz CT molecular complexity index is 1200. The fourth-order valence-corrected chi connectivity index (χ4v) is 5.12. The Kier molecular flexibility index (Phi) is 11.2. The van der Waals surface area contributed by atoms with Gasteiger partial charge >= 0.3 is 0 Å². The van der Waals surface area contributed by atoms with Crippen LogP contribution in [0.25, 0.3) is 11.1 Å². The number of rotatable bonds is 8. The van der Waals surface area contributed by atoms with E-state index in [4.69, 9.17) is 9.63 Å². The maximum absolute atomic E-state index is 11.6. The first-order chi connectivity index (χ1) is 18.0. The van der Waals surface area contributed by atoms with Gasteiger partial charge in [0.2, 0.25) is 12.3 Å². The molecule has 3 aromatic carbocycles. The van der Waals surface area contributed by atoms with Crippen molar-refractivity contribution in [3.8, 4) is 11.1 Å². The molecule has 1 aliphatic rings. The quantitative estimate of drug-likeness (QED) is 0.210. The third-order valence-corrected chi connectivity index (χ3v) is 7.25. The maximum Gasteiger partial charge on any atom is 0.224 e. The number of benzene rings is 3. The van der Waals surface area contributed by atoms with E-state index < -0.39 is 10.8 Å². The summed E-state index contributed by atoms with van der Waals surface area (Å²) in [4.78, 5) is 20.9. The summed E-state index contributed by atoms with van der Waals surface area (Å²) in [5, 5.41) is 3.57. The third-order valence-electron chi connectivity index (χ3n) is 5.97. The first-order valence-electron chi connectivity index (χ1n) is 12.1. The Labute approximate surface area is 221 Å². The van der Waals surface area contributed by atoms with E-state index in [9.17, 15) is 4.21 Å². The highest BCUT2D eigenvalue weighted by atomic mass is 32.2. The number of carbonyl (C=O) groups excluding carboxylic acids is 1. The Morgan fingerprint density at radius 3 is 2.30 bits per heavy atom. The van der Waals surface area contributed by atoms with Crippen LogP contribution in [0.4, 0.5) is 0 Å². The molecule has 1 heterocycles. The molecular formula is C29H34N4O3S. The number of nitrogens with two attached hydrogens (primary N) is 1. The van der Waals surface area contributed by atoms with Crippen LogP contribution in [0.15, 0.2) is 82.9 Å². The first-order valence-corrected chi connectivity index (χ1v) is 13.6. The normalized spacial score (nSPS) is 14.4. The standard InChI is InChI=1S/C28H31N3O2S.CH3NO/c1-22-6-8-23(9-7-22)19-28(33-29-2)30-20-24-10-12-26(13-11-24)27-5-3-4-25(18-27)21-31-14-16-34(32)17-15-31;2-1-3/h3-13,18H,2,14-17,19-21H2,1H3;1H,(H2,2,3). The van der Waals surface area contributed by atoms with Crippen LogP contribution in [-0.2, 0) is 39.9 Å². The van der Waals surface area contributed by atoms with E-state index >= 15 is 0 Å². The van der Waals surface area contributed by atoms with Gasteiger partial charge in [-0.2, -0.15) is 0 Å². The van der Waals surface area contributed by atoms with Gasteiger partial charge in [-0.25, -0.2) is 4.99 Å². The Morgan fingerprint density at radius 2 is 1.65 bits per heavy atom. The number of aliphatic imine (C=N–C) groups is 1. The van der Waals surface area contributed by atoms with Crippen molar-refractivity contribution in [2.24, 2.45) is 15.9 Å². The van der Waals surface area contributed by atoms with Crippen LogP contribution in [0, 0.1) is 6.92 Å². The molecule has 0 bridgehead atoms. The number of primary amides is 1. The zero-order chi connectivity index (χ0) is 26.5.